The van der Waals surface area contributed by atoms with Crippen molar-refractivity contribution in [2.75, 3.05) is 13.7 Å². The van der Waals surface area contributed by atoms with Gasteiger partial charge >= 0.3 is 0 Å². The van der Waals surface area contributed by atoms with Gasteiger partial charge in [-0.2, -0.15) is 0 Å². The molecule has 1 amide bonds. The van der Waals surface area contributed by atoms with Gasteiger partial charge in [0.2, 0.25) is 5.91 Å². The topological polar surface area (TPSA) is 55.4 Å². The van der Waals surface area contributed by atoms with Crippen LogP contribution in [0.25, 0.3) is 0 Å². The first kappa shape index (κ1) is 15.5. The van der Waals surface area contributed by atoms with Gasteiger partial charge in [0.15, 0.2) is 5.78 Å². The third kappa shape index (κ3) is 4.88. The van der Waals surface area contributed by atoms with Crippen LogP contribution in [0.5, 0.6) is 5.75 Å². The van der Waals surface area contributed by atoms with Crippen LogP contribution in [0, 0.1) is 5.92 Å². The molecule has 0 radical (unpaired) electrons. The maximum Gasteiger partial charge on any atom is 0.220 e. The molecule has 0 bridgehead atoms. The number of carbonyl (C=O) groups is 2. The number of carbonyl (C=O) groups excluding carboxylic acids is 2. The first-order valence-corrected chi connectivity index (χ1v) is 7.63. The zero-order chi connectivity index (χ0) is 15.1. The molecule has 1 fully saturated rings. The summed E-state index contributed by atoms with van der Waals surface area (Å²) in [6.45, 7) is 0.797. The van der Waals surface area contributed by atoms with Gasteiger partial charge < -0.3 is 10.1 Å². The summed E-state index contributed by atoms with van der Waals surface area (Å²) >= 11 is 0. The fourth-order valence-corrected chi connectivity index (χ4v) is 2.37. The van der Waals surface area contributed by atoms with Gasteiger partial charge in [-0.15, -0.1) is 0 Å². The summed E-state index contributed by atoms with van der Waals surface area (Å²) in [6, 6.07) is 7.08. The van der Waals surface area contributed by atoms with Crippen LogP contribution in [-0.4, -0.2) is 25.3 Å². The quantitative estimate of drug-likeness (QED) is 0.749. The van der Waals surface area contributed by atoms with E-state index in [1.54, 1.807) is 31.4 Å². The van der Waals surface area contributed by atoms with Crippen LogP contribution in [0.1, 0.15) is 48.9 Å². The van der Waals surface area contributed by atoms with Crippen LogP contribution in [0.15, 0.2) is 24.3 Å². The van der Waals surface area contributed by atoms with Gasteiger partial charge in [0.05, 0.1) is 7.11 Å². The van der Waals surface area contributed by atoms with Crippen molar-refractivity contribution < 1.29 is 14.3 Å². The van der Waals surface area contributed by atoms with E-state index in [1.165, 1.54) is 19.3 Å². The Kier molecular flexibility index (Phi) is 5.78. The van der Waals surface area contributed by atoms with Crippen molar-refractivity contribution >= 4 is 11.7 Å². The minimum absolute atomic E-state index is 0.0597. The number of nitrogens with one attached hydrogen (secondary N) is 1. The fraction of sp³-hybridized carbons (Fsp3) is 0.529. The molecule has 1 aliphatic carbocycles. The normalized spacial score (nSPS) is 14.3. The molecule has 1 N–H and O–H groups in total. The van der Waals surface area contributed by atoms with Gasteiger partial charge in [-0.3, -0.25) is 9.59 Å². The van der Waals surface area contributed by atoms with Crippen molar-refractivity contribution in [3.05, 3.63) is 29.8 Å². The number of amides is 1. The summed E-state index contributed by atoms with van der Waals surface area (Å²) in [5.74, 6) is 1.55. The van der Waals surface area contributed by atoms with E-state index in [4.69, 9.17) is 4.74 Å². The molecule has 114 valence electrons. The highest BCUT2D eigenvalue weighted by atomic mass is 16.5. The molecule has 4 heteroatoms. The highest BCUT2D eigenvalue weighted by Crippen LogP contribution is 2.25. The lowest BCUT2D eigenvalue weighted by molar-refractivity contribution is -0.121. The third-order valence-corrected chi connectivity index (χ3v) is 4.03. The zero-order valence-electron chi connectivity index (χ0n) is 12.6. The van der Waals surface area contributed by atoms with Crippen LogP contribution in [-0.2, 0) is 4.79 Å². The van der Waals surface area contributed by atoms with Crippen molar-refractivity contribution in [3.8, 4) is 5.75 Å². The van der Waals surface area contributed by atoms with Gasteiger partial charge in [0, 0.05) is 24.9 Å². The van der Waals surface area contributed by atoms with E-state index < -0.39 is 0 Å². The summed E-state index contributed by atoms with van der Waals surface area (Å²) < 4.78 is 5.06. The van der Waals surface area contributed by atoms with E-state index in [2.05, 4.69) is 5.32 Å². The largest absolute Gasteiger partial charge is 0.497 e. The second-order valence-corrected chi connectivity index (χ2v) is 5.61. The third-order valence-electron chi connectivity index (χ3n) is 4.03. The molecule has 0 unspecified atom stereocenters. The van der Waals surface area contributed by atoms with E-state index in [0.29, 0.717) is 30.7 Å². The summed E-state index contributed by atoms with van der Waals surface area (Å²) in [7, 11) is 1.60. The number of Topliss-reactive ketones (excluding diaryl/α,β-unsaturated/α-hetero) is 1. The molecule has 1 saturated carbocycles. The first-order chi connectivity index (χ1) is 10.2. The van der Waals surface area contributed by atoms with Gasteiger partial charge in [0.1, 0.15) is 5.75 Å². The van der Waals surface area contributed by atoms with Crippen molar-refractivity contribution in [1.29, 1.82) is 0 Å². The Labute approximate surface area is 125 Å². The van der Waals surface area contributed by atoms with E-state index in [9.17, 15) is 9.59 Å². The van der Waals surface area contributed by atoms with Crippen LogP contribution in [0.3, 0.4) is 0 Å². The minimum atomic E-state index is 0.0597. The number of ketones is 1. The molecule has 4 nitrogen and oxygen atoms in total. The Morgan fingerprint density at radius 2 is 1.90 bits per heavy atom. The van der Waals surface area contributed by atoms with Crippen LogP contribution in [0.4, 0.5) is 0 Å². The highest BCUT2D eigenvalue weighted by Gasteiger charge is 2.17. The molecule has 0 saturated heterocycles. The summed E-state index contributed by atoms with van der Waals surface area (Å²) in [5.41, 5.74) is 0.672. The molecule has 1 aliphatic rings. The van der Waals surface area contributed by atoms with Crippen LogP contribution >= 0.6 is 0 Å². The van der Waals surface area contributed by atoms with Crippen molar-refractivity contribution in [2.24, 2.45) is 5.92 Å². The highest BCUT2D eigenvalue weighted by molar-refractivity contribution is 5.96. The SMILES string of the molecule is COc1ccc(C(=O)CCCC(=O)NCC2CCC2)cc1. The molecule has 2 rings (SSSR count). The van der Waals surface area contributed by atoms with Crippen molar-refractivity contribution in [2.45, 2.75) is 38.5 Å². The van der Waals surface area contributed by atoms with Crippen LogP contribution < -0.4 is 10.1 Å². The number of methoxy groups -OCH3 is 1. The molecule has 0 aromatic heterocycles. The number of rotatable bonds is 8. The Morgan fingerprint density at radius 3 is 2.48 bits per heavy atom. The minimum Gasteiger partial charge on any atom is -0.497 e. The maximum atomic E-state index is 12.0. The Morgan fingerprint density at radius 1 is 1.19 bits per heavy atom. The molecule has 1 aromatic rings. The van der Waals surface area contributed by atoms with Crippen LogP contribution in [0.2, 0.25) is 0 Å². The molecule has 0 aliphatic heterocycles. The maximum absolute atomic E-state index is 12.0. The Balaban J connectivity index is 1.64. The Bertz CT molecular complexity index is 477. The molecule has 0 heterocycles. The zero-order valence-corrected chi connectivity index (χ0v) is 12.6. The second kappa shape index (κ2) is 7.81. The standard InChI is InChI=1S/C17H23NO3/c1-21-15-10-8-14(9-11-15)16(19)6-3-7-17(20)18-12-13-4-2-5-13/h8-11,13H,2-7,12H2,1H3,(H,18,20). The van der Waals surface area contributed by atoms with Gasteiger partial charge in [-0.25, -0.2) is 0 Å². The van der Waals surface area contributed by atoms with E-state index in [1.807, 2.05) is 0 Å². The molecular formula is C17H23NO3. The molecular weight excluding hydrogens is 266 g/mol. The molecule has 21 heavy (non-hydrogen) atoms. The predicted molar refractivity (Wildman–Crippen MR) is 81.5 cm³/mol. The smallest absolute Gasteiger partial charge is 0.220 e. The monoisotopic (exact) mass is 289 g/mol. The number of ether oxygens (including phenoxy) is 1. The summed E-state index contributed by atoms with van der Waals surface area (Å²) in [6.07, 6.45) is 5.18. The molecule has 0 atom stereocenters. The van der Waals surface area contributed by atoms with E-state index in [-0.39, 0.29) is 11.7 Å². The van der Waals surface area contributed by atoms with Gasteiger partial charge in [-0.05, 0) is 49.4 Å². The average molecular weight is 289 g/mol. The van der Waals surface area contributed by atoms with Gasteiger partial charge in [0.25, 0.3) is 0 Å². The first-order valence-electron chi connectivity index (χ1n) is 7.63. The Hall–Kier alpha value is -1.84. The summed E-state index contributed by atoms with van der Waals surface area (Å²) in [5, 5.41) is 2.95. The summed E-state index contributed by atoms with van der Waals surface area (Å²) in [4.78, 5) is 23.6. The van der Waals surface area contributed by atoms with E-state index in [0.717, 1.165) is 12.3 Å². The fourth-order valence-electron chi connectivity index (χ4n) is 2.37. The lowest BCUT2D eigenvalue weighted by Crippen LogP contribution is -2.32. The number of benzene rings is 1. The average Bonchev–Trinajstić information content (AvgIpc) is 2.45. The molecule has 0 spiro atoms. The number of hydrogen-bond donors (Lipinski definition) is 1. The van der Waals surface area contributed by atoms with E-state index >= 15 is 0 Å². The lowest BCUT2D eigenvalue weighted by atomic mass is 9.85. The predicted octanol–water partition coefficient (Wildman–Crippen LogP) is 2.96. The van der Waals surface area contributed by atoms with Crippen molar-refractivity contribution in [1.82, 2.24) is 5.32 Å². The van der Waals surface area contributed by atoms with Crippen molar-refractivity contribution in [3.63, 3.8) is 0 Å². The second-order valence-electron chi connectivity index (χ2n) is 5.61. The molecule has 1 aromatic carbocycles. The van der Waals surface area contributed by atoms with Gasteiger partial charge in [-0.1, -0.05) is 6.42 Å². The number of hydrogen-bond acceptors (Lipinski definition) is 3. The lowest BCUT2D eigenvalue weighted by Gasteiger charge is -2.25.